The first-order valence-corrected chi connectivity index (χ1v) is 10.3. The van der Waals surface area contributed by atoms with Crippen LogP contribution in [0, 0.1) is 5.92 Å². The maximum absolute atomic E-state index is 12.9. The van der Waals surface area contributed by atoms with Crippen molar-refractivity contribution in [2.75, 3.05) is 5.73 Å². The number of hydrazine groups is 1. The molecule has 1 aromatic heterocycles. The van der Waals surface area contributed by atoms with Crippen molar-refractivity contribution in [1.29, 1.82) is 0 Å². The highest BCUT2D eigenvalue weighted by Gasteiger charge is 2.26. The van der Waals surface area contributed by atoms with E-state index in [-0.39, 0.29) is 23.8 Å². The Kier molecular flexibility index (Phi) is 5.72. The first kappa shape index (κ1) is 20.0. The Balaban J connectivity index is 1.53. The molecule has 0 bridgehead atoms. The summed E-state index contributed by atoms with van der Waals surface area (Å²) in [5.74, 6) is -0.690. The minimum Gasteiger partial charge on any atom is -0.399 e. The lowest BCUT2D eigenvalue weighted by Crippen LogP contribution is -2.47. The van der Waals surface area contributed by atoms with E-state index in [1.54, 1.807) is 0 Å². The highest BCUT2D eigenvalue weighted by atomic mass is 16.2. The van der Waals surface area contributed by atoms with Gasteiger partial charge in [-0.25, -0.2) is 0 Å². The Hall–Kier alpha value is -3.32. The van der Waals surface area contributed by atoms with E-state index >= 15 is 0 Å². The Morgan fingerprint density at radius 2 is 1.80 bits per heavy atom. The number of hydrogen-bond donors (Lipinski definition) is 4. The Labute approximate surface area is 175 Å². The number of hydrogen-bond acceptors (Lipinski definition) is 4. The molecule has 4 rings (SSSR count). The quantitative estimate of drug-likeness (QED) is 0.394. The summed E-state index contributed by atoms with van der Waals surface area (Å²) in [5, 5.41) is 0.961. The molecule has 1 aliphatic carbocycles. The lowest BCUT2D eigenvalue weighted by molar-refractivity contribution is -0.126. The molecular formula is C23H27N5O2. The average Bonchev–Trinajstić information content (AvgIpc) is 3.12. The molecule has 2 amide bonds. The molecule has 7 heteroatoms. The van der Waals surface area contributed by atoms with E-state index < -0.39 is 0 Å². The number of anilines is 1. The van der Waals surface area contributed by atoms with Crippen molar-refractivity contribution in [3.8, 4) is 0 Å². The lowest BCUT2D eigenvalue weighted by atomic mass is 9.86. The second kappa shape index (κ2) is 8.59. The minimum absolute atomic E-state index is 0.0487. The molecule has 1 fully saturated rings. The summed E-state index contributed by atoms with van der Waals surface area (Å²) in [6, 6.07) is 17.3. The number of nitrogens with zero attached hydrogens (tertiary/aromatic N) is 1. The Morgan fingerprint density at radius 3 is 2.57 bits per heavy atom. The summed E-state index contributed by atoms with van der Waals surface area (Å²) in [6.07, 6.45) is 3.33. The molecule has 0 radical (unpaired) electrons. The summed E-state index contributed by atoms with van der Waals surface area (Å²) < 4.78 is 1.94. The maximum Gasteiger partial charge on any atom is 0.286 e. The van der Waals surface area contributed by atoms with E-state index in [2.05, 4.69) is 10.9 Å². The van der Waals surface area contributed by atoms with Gasteiger partial charge in [0.25, 0.3) is 5.91 Å². The van der Waals surface area contributed by atoms with Gasteiger partial charge in [-0.3, -0.25) is 20.4 Å². The molecule has 156 valence electrons. The number of para-hydroxylation sites is 1. The van der Waals surface area contributed by atoms with Gasteiger partial charge >= 0.3 is 0 Å². The second-order valence-electron chi connectivity index (χ2n) is 7.98. The molecule has 30 heavy (non-hydrogen) atoms. The molecule has 6 N–H and O–H groups in total. The number of aromatic nitrogens is 1. The fraction of sp³-hybridized carbons (Fsp3) is 0.304. The zero-order chi connectivity index (χ0) is 21.1. The van der Waals surface area contributed by atoms with E-state index in [1.807, 2.05) is 59.2 Å². The van der Waals surface area contributed by atoms with Crippen LogP contribution in [0.15, 0.2) is 54.6 Å². The fourth-order valence-corrected chi connectivity index (χ4v) is 4.12. The molecule has 1 heterocycles. The number of nitrogens with two attached hydrogens (primary N) is 2. The van der Waals surface area contributed by atoms with Gasteiger partial charge in [0.2, 0.25) is 5.91 Å². The molecule has 7 nitrogen and oxygen atoms in total. The smallest absolute Gasteiger partial charge is 0.286 e. The van der Waals surface area contributed by atoms with Gasteiger partial charge in [0.15, 0.2) is 0 Å². The number of nitrogen functional groups attached to an aromatic ring is 1. The van der Waals surface area contributed by atoms with Crippen LogP contribution < -0.4 is 22.3 Å². The normalized spacial score (nSPS) is 18.8. The van der Waals surface area contributed by atoms with Gasteiger partial charge in [-0.15, -0.1) is 0 Å². The summed E-state index contributed by atoms with van der Waals surface area (Å²) in [4.78, 5) is 25.4. The van der Waals surface area contributed by atoms with Gasteiger partial charge in [-0.1, -0.05) is 36.8 Å². The number of carbonyl (C=O) groups excluding carboxylic acids is 2. The van der Waals surface area contributed by atoms with Crippen LogP contribution in [0.2, 0.25) is 0 Å². The molecule has 2 atom stereocenters. The highest BCUT2D eigenvalue weighted by molar-refractivity contribution is 5.99. The third-order valence-corrected chi connectivity index (χ3v) is 5.75. The fourth-order valence-electron chi connectivity index (χ4n) is 4.12. The molecule has 0 spiro atoms. The van der Waals surface area contributed by atoms with Crippen LogP contribution in [0.25, 0.3) is 10.9 Å². The largest absolute Gasteiger partial charge is 0.399 e. The Bertz CT molecular complexity index is 1060. The van der Waals surface area contributed by atoms with E-state index in [9.17, 15) is 9.59 Å². The minimum atomic E-state index is -0.352. The summed E-state index contributed by atoms with van der Waals surface area (Å²) in [5.41, 5.74) is 20.1. The van der Waals surface area contributed by atoms with Crippen molar-refractivity contribution < 1.29 is 9.59 Å². The van der Waals surface area contributed by atoms with Crippen LogP contribution in [-0.2, 0) is 11.3 Å². The molecule has 0 saturated heterocycles. The van der Waals surface area contributed by atoms with E-state index in [1.165, 1.54) is 0 Å². The zero-order valence-electron chi connectivity index (χ0n) is 16.8. The van der Waals surface area contributed by atoms with Gasteiger partial charge in [-0.2, -0.15) is 0 Å². The number of rotatable bonds is 4. The average molecular weight is 406 g/mol. The van der Waals surface area contributed by atoms with Crippen LogP contribution in [0.5, 0.6) is 0 Å². The van der Waals surface area contributed by atoms with Crippen LogP contribution in [-0.4, -0.2) is 22.4 Å². The van der Waals surface area contributed by atoms with Crippen LogP contribution >= 0.6 is 0 Å². The standard InChI is InChI=1S/C23H27N5O2/c24-18-10-8-15(9-11-18)14-28-20-7-2-1-4-16(20)13-21(28)23(30)27-26-22(29)17-5-3-6-19(25)12-17/h1-2,4,7-11,13,17,19H,3,5-6,12,14,24-25H2,(H,26,29)(H,27,30)/t17?,19-/m1/s1. The second-order valence-corrected chi connectivity index (χ2v) is 7.98. The Morgan fingerprint density at radius 1 is 1.03 bits per heavy atom. The van der Waals surface area contributed by atoms with E-state index in [0.717, 1.165) is 35.7 Å². The molecule has 1 saturated carbocycles. The number of benzene rings is 2. The highest BCUT2D eigenvalue weighted by Crippen LogP contribution is 2.24. The molecule has 2 aromatic carbocycles. The summed E-state index contributed by atoms with van der Waals surface area (Å²) in [6.45, 7) is 0.516. The van der Waals surface area contributed by atoms with Gasteiger partial charge < -0.3 is 16.0 Å². The van der Waals surface area contributed by atoms with Gasteiger partial charge in [0, 0.05) is 35.1 Å². The predicted molar refractivity (Wildman–Crippen MR) is 117 cm³/mol. The summed E-state index contributed by atoms with van der Waals surface area (Å²) >= 11 is 0. The molecule has 1 aliphatic rings. The number of nitrogens with one attached hydrogen (secondary N) is 2. The van der Waals surface area contributed by atoms with Crippen LogP contribution in [0.4, 0.5) is 5.69 Å². The number of amides is 2. The molecular weight excluding hydrogens is 378 g/mol. The van der Waals surface area contributed by atoms with Crippen LogP contribution in [0.3, 0.4) is 0 Å². The SMILES string of the molecule is Nc1ccc(Cn2c(C(=O)NNC(=O)C3CCC[C@@H](N)C3)cc3ccccc32)cc1. The van der Waals surface area contributed by atoms with E-state index in [0.29, 0.717) is 24.3 Å². The predicted octanol–water partition coefficient (Wildman–Crippen LogP) is 2.55. The maximum atomic E-state index is 12.9. The number of carbonyl (C=O) groups is 2. The van der Waals surface area contributed by atoms with Gasteiger partial charge in [0.05, 0.1) is 0 Å². The monoisotopic (exact) mass is 405 g/mol. The van der Waals surface area contributed by atoms with Crippen molar-refractivity contribution in [3.05, 3.63) is 65.9 Å². The third kappa shape index (κ3) is 4.31. The molecule has 0 aliphatic heterocycles. The van der Waals surface area contributed by atoms with Gasteiger partial charge in [-0.05, 0) is 49.1 Å². The van der Waals surface area contributed by atoms with Crippen LogP contribution in [0.1, 0.15) is 41.7 Å². The van der Waals surface area contributed by atoms with Crippen molar-refractivity contribution in [2.24, 2.45) is 11.7 Å². The first-order valence-electron chi connectivity index (χ1n) is 10.3. The third-order valence-electron chi connectivity index (χ3n) is 5.75. The molecule has 3 aromatic rings. The summed E-state index contributed by atoms with van der Waals surface area (Å²) in [7, 11) is 0. The van der Waals surface area contributed by atoms with E-state index in [4.69, 9.17) is 11.5 Å². The van der Waals surface area contributed by atoms with Crippen molar-refractivity contribution in [1.82, 2.24) is 15.4 Å². The van der Waals surface area contributed by atoms with Crippen molar-refractivity contribution in [3.63, 3.8) is 0 Å². The topological polar surface area (TPSA) is 115 Å². The first-order chi connectivity index (χ1) is 14.5. The lowest BCUT2D eigenvalue weighted by Gasteiger charge is -2.25. The number of fused-ring (bicyclic) bond motifs is 1. The molecule has 1 unspecified atom stereocenters. The van der Waals surface area contributed by atoms with Gasteiger partial charge in [0.1, 0.15) is 5.69 Å². The van der Waals surface area contributed by atoms with Crippen molar-refractivity contribution in [2.45, 2.75) is 38.3 Å². The zero-order valence-corrected chi connectivity index (χ0v) is 16.8. The van der Waals surface area contributed by atoms with Crippen molar-refractivity contribution >= 4 is 28.4 Å².